The summed E-state index contributed by atoms with van der Waals surface area (Å²) in [4.78, 5) is 16.3. The Bertz CT molecular complexity index is 613. The smallest absolute Gasteiger partial charge is 0.226 e. The molecule has 0 aliphatic carbocycles. The van der Waals surface area contributed by atoms with Crippen LogP contribution in [0.25, 0.3) is 0 Å². The Balaban J connectivity index is 1.77. The van der Waals surface area contributed by atoms with Crippen molar-refractivity contribution < 1.29 is 14.3 Å². The third kappa shape index (κ3) is 4.82. The summed E-state index contributed by atoms with van der Waals surface area (Å²) in [7, 11) is 3.28. The van der Waals surface area contributed by atoms with Gasteiger partial charge >= 0.3 is 0 Å². The molecule has 0 saturated heterocycles. The summed E-state index contributed by atoms with van der Waals surface area (Å²) in [6.07, 6.45) is 1.04. The third-order valence-electron chi connectivity index (χ3n) is 3.12. The maximum atomic E-state index is 11.9. The molecular formula is C16H20N2O3S. The van der Waals surface area contributed by atoms with Crippen molar-refractivity contribution >= 4 is 17.2 Å². The van der Waals surface area contributed by atoms with Gasteiger partial charge in [-0.3, -0.25) is 4.79 Å². The summed E-state index contributed by atoms with van der Waals surface area (Å²) in [5.41, 5.74) is 1.87. The molecule has 2 rings (SSSR count). The Hall–Kier alpha value is -1.92. The molecule has 0 saturated carbocycles. The molecule has 0 atom stereocenters. The van der Waals surface area contributed by atoms with Crippen molar-refractivity contribution in [3.8, 4) is 5.75 Å². The van der Waals surface area contributed by atoms with Gasteiger partial charge in [-0.05, 0) is 18.1 Å². The minimum Gasteiger partial charge on any atom is -0.496 e. The number of nitrogens with one attached hydrogen (secondary N) is 1. The van der Waals surface area contributed by atoms with Gasteiger partial charge in [-0.1, -0.05) is 18.2 Å². The Labute approximate surface area is 134 Å². The van der Waals surface area contributed by atoms with Crippen molar-refractivity contribution in [3.63, 3.8) is 0 Å². The highest BCUT2D eigenvalue weighted by Crippen LogP contribution is 2.17. The molecule has 0 aliphatic rings. The first-order valence-electron chi connectivity index (χ1n) is 7.03. The Kier molecular flexibility index (Phi) is 6.36. The molecule has 0 spiro atoms. The molecule has 2 aromatic rings. The topological polar surface area (TPSA) is 60.5 Å². The molecule has 1 N–H and O–H groups in total. The average Bonchev–Trinajstić information content (AvgIpc) is 2.95. The molecule has 0 unspecified atom stereocenters. The first-order chi connectivity index (χ1) is 10.7. The van der Waals surface area contributed by atoms with Gasteiger partial charge in [0.25, 0.3) is 0 Å². The maximum Gasteiger partial charge on any atom is 0.226 e. The second kappa shape index (κ2) is 8.51. The summed E-state index contributed by atoms with van der Waals surface area (Å²) in [5, 5.41) is 5.70. The fraction of sp³-hybridized carbons (Fsp3) is 0.375. The summed E-state index contributed by atoms with van der Waals surface area (Å²) in [6.45, 7) is 1.06. The largest absolute Gasteiger partial charge is 0.496 e. The van der Waals surface area contributed by atoms with Crippen LogP contribution < -0.4 is 10.1 Å². The van der Waals surface area contributed by atoms with Crippen LogP contribution in [0, 0.1) is 0 Å². The zero-order valence-corrected chi connectivity index (χ0v) is 13.6. The highest BCUT2D eigenvalue weighted by molar-refractivity contribution is 7.09. The predicted molar refractivity (Wildman–Crippen MR) is 86.2 cm³/mol. The van der Waals surface area contributed by atoms with Crippen LogP contribution in [-0.4, -0.2) is 31.7 Å². The second-order valence-electron chi connectivity index (χ2n) is 4.75. The van der Waals surface area contributed by atoms with Crippen LogP contribution in [0.2, 0.25) is 0 Å². The van der Waals surface area contributed by atoms with E-state index in [4.69, 9.17) is 9.47 Å². The lowest BCUT2D eigenvalue weighted by Gasteiger charge is -2.08. The molecule has 1 amide bonds. The average molecular weight is 320 g/mol. The maximum absolute atomic E-state index is 11.9. The quantitative estimate of drug-likeness (QED) is 0.810. The number of benzene rings is 1. The fourth-order valence-corrected chi connectivity index (χ4v) is 2.86. The number of para-hydroxylation sites is 1. The zero-order valence-electron chi connectivity index (χ0n) is 12.8. The van der Waals surface area contributed by atoms with E-state index >= 15 is 0 Å². The van der Waals surface area contributed by atoms with Crippen LogP contribution in [0.1, 0.15) is 16.3 Å². The van der Waals surface area contributed by atoms with Crippen LogP contribution in [-0.2, 0) is 29.0 Å². The molecule has 6 heteroatoms. The van der Waals surface area contributed by atoms with E-state index in [2.05, 4.69) is 10.3 Å². The number of amides is 1. The summed E-state index contributed by atoms with van der Waals surface area (Å²) in [6, 6.07) is 7.82. The predicted octanol–water partition coefficient (Wildman–Crippen LogP) is 2.20. The van der Waals surface area contributed by atoms with E-state index in [0.29, 0.717) is 19.6 Å². The minimum absolute atomic E-state index is 0.0239. The number of hydrogen-bond acceptors (Lipinski definition) is 5. The first kappa shape index (κ1) is 16.5. The standard InChI is InChI=1S/C16H20N2O3S/c1-20-10-16-18-13(11-22-16)9-15(19)17-8-7-12-5-3-4-6-14(12)21-2/h3-6,11H,7-10H2,1-2H3,(H,17,19). The van der Waals surface area contributed by atoms with Crippen molar-refractivity contribution in [1.29, 1.82) is 0 Å². The first-order valence-corrected chi connectivity index (χ1v) is 7.91. The number of ether oxygens (including phenoxy) is 2. The zero-order chi connectivity index (χ0) is 15.8. The number of carbonyl (C=O) groups is 1. The van der Waals surface area contributed by atoms with Gasteiger partial charge in [-0.15, -0.1) is 11.3 Å². The monoisotopic (exact) mass is 320 g/mol. The Morgan fingerprint density at radius 3 is 2.91 bits per heavy atom. The third-order valence-corrected chi connectivity index (χ3v) is 3.99. The van der Waals surface area contributed by atoms with Crippen molar-refractivity contribution in [2.24, 2.45) is 0 Å². The van der Waals surface area contributed by atoms with Crippen LogP contribution in [0.4, 0.5) is 0 Å². The van der Waals surface area contributed by atoms with Crippen molar-refractivity contribution in [2.45, 2.75) is 19.4 Å². The molecule has 5 nitrogen and oxygen atoms in total. The van der Waals surface area contributed by atoms with Crippen molar-refractivity contribution in [1.82, 2.24) is 10.3 Å². The number of aromatic nitrogens is 1. The lowest BCUT2D eigenvalue weighted by molar-refractivity contribution is -0.120. The lowest BCUT2D eigenvalue weighted by atomic mass is 10.1. The van der Waals surface area contributed by atoms with Gasteiger partial charge in [0, 0.05) is 19.0 Å². The number of methoxy groups -OCH3 is 2. The van der Waals surface area contributed by atoms with E-state index in [0.717, 1.165) is 28.4 Å². The summed E-state index contributed by atoms with van der Waals surface area (Å²) >= 11 is 1.51. The molecular weight excluding hydrogens is 300 g/mol. The van der Waals surface area contributed by atoms with Gasteiger partial charge in [-0.2, -0.15) is 0 Å². The Morgan fingerprint density at radius 1 is 1.32 bits per heavy atom. The van der Waals surface area contributed by atoms with Gasteiger partial charge in [0.1, 0.15) is 10.8 Å². The van der Waals surface area contributed by atoms with E-state index in [1.54, 1.807) is 14.2 Å². The van der Waals surface area contributed by atoms with Crippen LogP contribution in [0.5, 0.6) is 5.75 Å². The van der Waals surface area contributed by atoms with E-state index in [1.807, 2.05) is 29.6 Å². The molecule has 1 aromatic heterocycles. The molecule has 0 radical (unpaired) electrons. The van der Waals surface area contributed by atoms with E-state index < -0.39 is 0 Å². The van der Waals surface area contributed by atoms with Gasteiger partial charge in [-0.25, -0.2) is 4.98 Å². The molecule has 0 bridgehead atoms. The Morgan fingerprint density at radius 2 is 2.14 bits per heavy atom. The minimum atomic E-state index is -0.0239. The SMILES string of the molecule is COCc1nc(CC(=O)NCCc2ccccc2OC)cs1. The summed E-state index contributed by atoms with van der Waals surface area (Å²) in [5.74, 6) is 0.824. The van der Waals surface area contributed by atoms with Crippen LogP contribution in [0.15, 0.2) is 29.6 Å². The molecule has 1 heterocycles. The van der Waals surface area contributed by atoms with Gasteiger partial charge in [0.15, 0.2) is 0 Å². The highest BCUT2D eigenvalue weighted by Gasteiger charge is 2.08. The van der Waals surface area contributed by atoms with E-state index in [1.165, 1.54) is 11.3 Å². The number of hydrogen-bond donors (Lipinski definition) is 1. The summed E-state index contributed by atoms with van der Waals surface area (Å²) < 4.78 is 10.3. The second-order valence-corrected chi connectivity index (χ2v) is 5.70. The lowest BCUT2D eigenvalue weighted by Crippen LogP contribution is -2.27. The molecule has 22 heavy (non-hydrogen) atoms. The van der Waals surface area contributed by atoms with E-state index in [9.17, 15) is 4.79 Å². The van der Waals surface area contributed by atoms with Crippen molar-refractivity contribution in [3.05, 3.63) is 45.9 Å². The number of thiazole rings is 1. The normalized spacial score (nSPS) is 10.5. The molecule has 1 aromatic carbocycles. The van der Waals surface area contributed by atoms with Crippen LogP contribution >= 0.6 is 11.3 Å². The number of nitrogens with zero attached hydrogens (tertiary/aromatic N) is 1. The fourth-order valence-electron chi connectivity index (χ4n) is 2.09. The van der Waals surface area contributed by atoms with Crippen LogP contribution in [0.3, 0.4) is 0 Å². The van der Waals surface area contributed by atoms with E-state index in [-0.39, 0.29) is 5.91 Å². The molecule has 0 aliphatic heterocycles. The molecule has 0 fully saturated rings. The highest BCUT2D eigenvalue weighted by atomic mass is 32.1. The van der Waals surface area contributed by atoms with Gasteiger partial charge < -0.3 is 14.8 Å². The van der Waals surface area contributed by atoms with Crippen molar-refractivity contribution in [2.75, 3.05) is 20.8 Å². The molecule has 118 valence electrons. The number of carbonyl (C=O) groups excluding carboxylic acids is 1. The number of rotatable bonds is 8. The van der Waals surface area contributed by atoms with Gasteiger partial charge in [0.2, 0.25) is 5.91 Å². The van der Waals surface area contributed by atoms with Gasteiger partial charge in [0.05, 0.1) is 25.8 Å².